The first-order valence-electron chi connectivity index (χ1n) is 11.6. The third kappa shape index (κ3) is 3.14. The van der Waals surface area contributed by atoms with E-state index in [0.717, 1.165) is 6.42 Å². The lowest BCUT2D eigenvalue weighted by molar-refractivity contribution is -0.155. The first-order valence-corrected chi connectivity index (χ1v) is 12.0. The van der Waals surface area contributed by atoms with Crippen LogP contribution in [0.4, 0.5) is 5.82 Å². The van der Waals surface area contributed by atoms with E-state index in [1.54, 1.807) is 36.2 Å². The van der Waals surface area contributed by atoms with Crippen LogP contribution in [0.3, 0.4) is 0 Å². The summed E-state index contributed by atoms with van der Waals surface area (Å²) in [7, 11) is 1.72. The maximum absolute atomic E-state index is 13.9. The predicted molar refractivity (Wildman–Crippen MR) is 134 cm³/mol. The van der Waals surface area contributed by atoms with E-state index in [0.29, 0.717) is 51.2 Å². The second kappa shape index (κ2) is 7.60. The molecular formula is C25H26ClN7O2. The summed E-state index contributed by atoms with van der Waals surface area (Å²) in [5.41, 5.74) is 6.87. The van der Waals surface area contributed by atoms with Crippen LogP contribution in [0.25, 0.3) is 22.1 Å². The van der Waals surface area contributed by atoms with Gasteiger partial charge in [-0.25, -0.2) is 19.9 Å². The second-order valence-corrected chi connectivity index (χ2v) is 10.5. The molecule has 9 nitrogen and oxygen atoms in total. The summed E-state index contributed by atoms with van der Waals surface area (Å²) in [5.74, 6) is 1.67. The molecule has 3 unspecified atom stereocenters. The molecule has 0 radical (unpaired) electrons. The minimum atomic E-state index is -0.628. The first kappa shape index (κ1) is 22.2. The highest BCUT2D eigenvalue weighted by Gasteiger charge is 2.59. The number of nitrogens with two attached hydrogens (primary N) is 1. The molecule has 0 spiro atoms. The Hall–Kier alpha value is -3.30. The van der Waals surface area contributed by atoms with E-state index in [9.17, 15) is 4.79 Å². The Kier molecular flexibility index (Phi) is 4.82. The molecular weight excluding hydrogens is 466 g/mol. The highest BCUT2D eigenvalue weighted by Crippen LogP contribution is 2.61. The first-order chi connectivity index (χ1) is 16.7. The van der Waals surface area contributed by atoms with Crippen LogP contribution in [0.1, 0.15) is 26.1 Å². The Morgan fingerprint density at radius 2 is 2.09 bits per heavy atom. The number of nitrogen functional groups attached to an aromatic ring is 1. The number of ether oxygens (including phenoxy) is 1. The van der Waals surface area contributed by atoms with Crippen molar-refractivity contribution in [3.63, 3.8) is 0 Å². The molecule has 2 N–H and O–H groups in total. The average Bonchev–Trinajstić information content (AvgIpc) is 3.25. The minimum absolute atomic E-state index is 0.0887. The molecule has 3 heterocycles. The van der Waals surface area contributed by atoms with Crippen molar-refractivity contribution in [1.29, 1.82) is 0 Å². The lowest BCUT2D eigenvalue weighted by Gasteiger charge is -2.61. The van der Waals surface area contributed by atoms with Crippen molar-refractivity contribution in [2.75, 3.05) is 12.8 Å². The van der Waals surface area contributed by atoms with Gasteiger partial charge in [-0.15, -0.1) is 0 Å². The van der Waals surface area contributed by atoms with Gasteiger partial charge in [0.25, 0.3) is 5.56 Å². The van der Waals surface area contributed by atoms with Gasteiger partial charge in [0.15, 0.2) is 11.5 Å². The van der Waals surface area contributed by atoms with Crippen molar-refractivity contribution in [3.8, 4) is 0 Å². The van der Waals surface area contributed by atoms with Gasteiger partial charge < -0.3 is 15.0 Å². The van der Waals surface area contributed by atoms with Gasteiger partial charge in [0.2, 0.25) is 0 Å². The maximum Gasteiger partial charge on any atom is 0.263 e. The van der Waals surface area contributed by atoms with Crippen LogP contribution in [0.15, 0.2) is 47.8 Å². The molecule has 4 aromatic rings. The summed E-state index contributed by atoms with van der Waals surface area (Å²) in [4.78, 5) is 31.5. The van der Waals surface area contributed by atoms with E-state index in [4.69, 9.17) is 27.1 Å². The Balaban J connectivity index is 1.53. The molecule has 3 atom stereocenters. The normalized spacial score (nSPS) is 24.7. The molecule has 35 heavy (non-hydrogen) atoms. The van der Waals surface area contributed by atoms with Gasteiger partial charge >= 0.3 is 0 Å². The number of imidazole rings is 1. The average molecular weight is 492 g/mol. The number of anilines is 1. The lowest BCUT2D eigenvalue weighted by atomic mass is 9.46. The van der Waals surface area contributed by atoms with Crippen LogP contribution in [-0.4, -0.2) is 41.8 Å². The molecule has 2 bridgehead atoms. The molecule has 0 saturated heterocycles. The summed E-state index contributed by atoms with van der Waals surface area (Å²) in [6, 6.07) is 5.31. The number of methoxy groups -OCH3 is 1. The quantitative estimate of drug-likeness (QED) is 0.425. The van der Waals surface area contributed by atoms with Gasteiger partial charge in [-0.3, -0.25) is 9.36 Å². The van der Waals surface area contributed by atoms with E-state index in [2.05, 4.69) is 41.0 Å². The van der Waals surface area contributed by atoms with Crippen LogP contribution in [0, 0.1) is 17.3 Å². The van der Waals surface area contributed by atoms with Crippen LogP contribution in [-0.2, 0) is 17.8 Å². The Morgan fingerprint density at radius 1 is 1.26 bits per heavy atom. The fraction of sp³-hybridized carbons (Fsp3) is 0.400. The van der Waals surface area contributed by atoms with Crippen LogP contribution in [0.2, 0.25) is 5.02 Å². The number of fused-ring (bicyclic) bond motifs is 3. The summed E-state index contributed by atoms with van der Waals surface area (Å²) in [5, 5.41) is 0.778. The summed E-state index contributed by atoms with van der Waals surface area (Å²) in [6.07, 6.45) is 8.44. The predicted octanol–water partition coefficient (Wildman–Crippen LogP) is 3.44. The fourth-order valence-electron chi connectivity index (χ4n) is 5.91. The second-order valence-electron chi connectivity index (χ2n) is 10.1. The van der Waals surface area contributed by atoms with E-state index in [1.165, 1.54) is 6.33 Å². The van der Waals surface area contributed by atoms with Crippen molar-refractivity contribution in [3.05, 3.63) is 64.2 Å². The standard InChI is InChI=1S/C25H26ClN7O2/c1-24(2)14-7-8-25(35-3,17(24)9-14)11-33-18(31-16-6-4-5-15(26)19(16)23(33)34)10-32-13-30-20-21(27)28-12-29-22(20)32/h4-8,12-14,17H,9-11H2,1-3H3,(H2,27,28,29). The zero-order valence-corrected chi connectivity index (χ0v) is 20.5. The maximum atomic E-state index is 13.9. The Labute approximate surface area is 206 Å². The number of aromatic nitrogens is 6. The van der Waals surface area contributed by atoms with Gasteiger partial charge in [0.1, 0.15) is 23.3 Å². The van der Waals surface area contributed by atoms with E-state index in [1.807, 2.05) is 4.57 Å². The molecule has 1 saturated carbocycles. The fourth-order valence-corrected chi connectivity index (χ4v) is 6.17. The molecule has 3 aliphatic carbocycles. The number of halogens is 1. The van der Waals surface area contributed by atoms with Gasteiger partial charge in [-0.1, -0.05) is 43.7 Å². The SMILES string of the molecule is COC1(Cn2c(Cn3cnc4c(N)ncnc43)nc3cccc(Cl)c3c2=O)C=CC2CC1C2(C)C. The topological polar surface area (TPSA) is 114 Å². The van der Waals surface area contributed by atoms with Gasteiger partial charge in [0.05, 0.1) is 35.3 Å². The van der Waals surface area contributed by atoms with Crippen molar-refractivity contribution in [1.82, 2.24) is 29.1 Å². The highest BCUT2D eigenvalue weighted by atomic mass is 35.5. The highest BCUT2D eigenvalue weighted by molar-refractivity contribution is 6.35. The molecule has 180 valence electrons. The van der Waals surface area contributed by atoms with E-state index >= 15 is 0 Å². The number of hydrogen-bond acceptors (Lipinski definition) is 7. The van der Waals surface area contributed by atoms with Crippen LogP contribution < -0.4 is 11.3 Å². The molecule has 7 rings (SSSR count). The number of rotatable bonds is 5. The summed E-state index contributed by atoms with van der Waals surface area (Å²) < 4.78 is 9.70. The van der Waals surface area contributed by atoms with E-state index in [-0.39, 0.29) is 23.4 Å². The third-order valence-corrected chi connectivity index (χ3v) is 8.40. The number of benzene rings is 1. The van der Waals surface area contributed by atoms with Gasteiger partial charge in [-0.2, -0.15) is 0 Å². The Bertz CT molecular complexity index is 1570. The molecule has 3 aromatic heterocycles. The number of hydrogen-bond donors (Lipinski definition) is 1. The molecule has 0 amide bonds. The van der Waals surface area contributed by atoms with Crippen molar-refractivity contribution >= 4 is 39.5 Å². The van der Waals surface area contributed by atoms with Crippen molar-refractivity contribution < 1.29 is 4.74 Å². The van der Waals surface area contributed by atoms with E-state index < -0.39 is 5.60 Å². The Morgan fingerprint density at radius 3 is 2.83 bits per heavy atom. The monoisotopic (exact) mass is 491 g/mol. The molecule has 10 heteroatoms. The van der Waals surface area contributed by atoms with Crippen LogP contribution in [0.5, 0.6) is 0 Å². The summed E-state index contributed by atoms with van der Waals surface area (Å²) in [6.45, 7) is 5.13. The number of nitrogens with zero attached hydrogens (tertiary/aromatic N) is 6. The zero-order valence-electron chi connectivity index (χ0n) is 19.8. The third-order valence-electron chi connectivity index (χ3n) is 8.08. The molecule has 0 aliphatic heterocycles. The minimum Gasteiger partial charge on any atom is -0.382 e. The molecule has 1 aromatic carbocycles. The zero-order chi connectivity index (χ0) is 24.5. The number of allylic oxidation sites excluding steroid dienone is 1. The molecule has 1 fully saturated rings. The van der Waals surface area contributed by atoms with Crippen LogP contribution >= 0.6 is 11.6 Å². The van der Waals surface area contributed by atoms with Gasteiger partial charge in [-0.05, 0) is 35.8 Å². The lowest BCUT2D eigenvalue weighted by Crippen LogP contribution is -2.61. The molecule has 3 aliphatic rings. The van der Waals surface area contributed by atoms with Gasteiger partial charge in [0, 0.05) is 7.11 Å². The van der Waals surface area contributed by atoms with Crippen molar-refractivity contribution in [2.24, 2.45) is 17.3 Å². The van der Waals surface area contributed by atoms with Crippen molar-refractivity contribution in [2.45, 2.75) is 39.0 Å². The smallest absolute Gasteiger partial charge is 0.263 e. The summed E-state index contributed by atoms with van der Waals surface area (Å²) >= 11 is 6.47. The largest absolute Gasteiger partial charge is 0.382 e.